The molecular formula is C43H54N8O6. The van der Waals surface area contributed by atoms with Gasteiger partial charge in [-0.3, -0.25) is 19.2 Å². The Morgan fingerprint density at radius 2 is 1.44 bits per heavy atom. The number of benzene rings is 3. The summed E-state index contributed by atoms with van der Waals surface area (Å²) in [5, 5.41) is 11.8. The Kier molecular flexibility index (Phi) is 13.2. The van der Waals surface area contributed by atoms with E-state index in [1.54, 1.807) is 68.1 Å². The standard InChI is InChI=1S/C43H54N8O6/c1-28-33(10-9-11-34(28)48-38(53)29-12-16-31(17-13-29)42(2,3)4)35-27-49(8)40(55)37(47-35)46-32-18-14-30(15-19-32)39(54)51-24-22-50(23-25-51)36(52)26-44-20-21-45-41(56)57-43(5,6)7/h9-19,27,44H,20-26H2,1-8H3,(H,45,56)(H,46,47)(H,48,53). The maximum atomic E-state index is 13.3. The molecule has 0 saturated carbocycles. The van der Waals surface area contributed by atoms with E-state index in [1.165, 1.54) is 4.57 Å². The second-order valence-electron chi connectivity index (χ2n) is 16.1. The first kappa shape index (κ1) is 42.1. The summed E-state index contributed by atoms with van der Waals surface area (Å²) in [4.78, 5) is 72.3. The number of alkyl carbamates (subject to hydrolysis) is 1. The van der Waals surface area contributed by atoms with Crippen LogP contribution in [0.15, 0.2) is 77.7 Å². The third kappa shape index (κ3) is 11.3. The Balaban J connectivity index is 1.15. The van der Waals surface area contributed by atoms with Crippen molar-refractivity contribution >= 4 is 41.0 Å². The minimum Gasteiger partial charge on any atom is -0.444 e. The quantitative estimate of drug-likeness (QED) is 0.145. The zero-order chi connectivity index (χ0) is 41.5. The van der Waals surface area contributed by atoms with Gasteiger partial charge in [0.05, 0.1) is 12.2 Å². The van der Waals surface area contributed by atoms with Gasteiger partial charge in [-0.2, -0.15) is 0 Å². The number of amides is 4. The predicted molar refractivity (Wildman–Crippen MR) is 222 cm³/mol. The van der Waals surface area contributed by atoms with E-state index < -0.39 is 11.7 Å². The molecule has 0 aliphatic carbocycles. The minimum atomic E-state index is -0.579. The van der Waals surface area contributed by atoms with Crippen molar-refractivity contribution in [2.75, 3.05) is 56.4 Å². The van der Waals surface area contributed by atoms with Crippen molar-refractivity contribution in [3.8, 4) is 11.3 Å². The number of nitrogens with one attached hydrogen (secondary N) is 4. The first-order valence-corrected chi connectivity index (χ1v) is 19.1. The highest BCUT2D eigenvalue weighted by atomic mass is 16.6. The third-order valence-corrected chi connectivity index (χ3v) is 9.50. The number of aryl methyl sites for hydroxylation is 1. The normalized spacial score (nSPS) is 13.2. The number of carbonyl (C=O) groups is 4. The number of hydrogen-bond acceptors (Lipinski definition) is 9. The van der Waals surface area contributed by atoms with E-state index in [4.69, 9.17) is 4.74 Å². The van der Waals surface area contributed by atoms with Crippen LogP contribution in [0.2, 0.25) is 0 Å². The van der Waals surface area contributed by atoms with Gasteiger partial charge in [0.2, 0.25) is 5.91 Å². The molecule has 1 fully saturated rings. The number of carbonyl (C=O) groups excluding carboxylic acids is 4. The molecule has 1 saturated heterocycles. The van der Waals surface area contributed by atoms with Crippen LogP contribution in [0.1, 0.15) is 73.4 Å². The van der Waals surface area contributed by atoms with E-state index >= 15 is 0 Å². The molecule has 0 bridgehead atoms. The van der Waals surface area contributed by atoms with Crippen molar-refractivity contribution in [1.29, 1.82) is 0 Å². The molecule has 5 rings (SSSR count). The molecule has 14 heteroatoms. The average Bonchev–Trinajstić information content (AvgIpc) is 3.16. The summed E-state index contributed by atoms with van der Waals surface area (Å²) >= 11 is 0. The van der Waals surface area contributed by atoms with Crippen LogP contribution in [0.4, 0.5) is 22.0 Å². The maximum Gasteiger partial charge on any atom is 0.407 e. The lowest BCUT2D eigenvalue weighted by Gasteiger charge is -2.35. The van der Waals surface area contributed by atoms with Gasteiger partial charge < -0.3 is 40.4 Å². The molecule has 1 aliphatic rings. The van der Waals surface area contributed by atoms with Gasteiger partial charge in [-0.1, -0.05) is 45.0 Å². The zero-order valence-corrected chi connectivity index (χ0v) is 34.1. The summed E-state index contributed by atoms with van der Waals surface area (Å²) < 4.78 is 6.65. The van der Waals surface area contributed by atoms with Crippen molar-refractivity contribution in [1.82, 2.24) is 30.0 Å². The molecule has 3 aromatic carbocycles. The summed E-state index contributed by atoms with van der Waals surface area (Å²) in [6.45, 7) is 16.1. The first-order valence-electron chi connectivity index (χ1n) is 19.1. The van der Waals surface area contributed by atoms with Crippen LogP contribution in [-0.2, 0) is 22.0 Å². The molecule has 2 heterocycles. The maximum absolute atomic E-state index is 13.3. The number of piperazine rings is 1. The number of ether oxygens (including phenoxy) is 1. The van der Waals surface area contributed by atoms with Crippen molar-refractivity contribution in [3.63, 3.8) is 0 Å². The molecule has 1 aromatic heterocycles. The third-order valence-electron chi connectivity index (χ3n) is 9.50. The molecular weight excluding hydrogens is 725 g/mol. The van der Waals surface area contributed by atoms with Gasteiger partial charge in [-0.15, -0.1) is 0 Å². The van der Waals surface area contributed by atoms with Crippen LogP contribution >= 0.6 is 0 Å². The van der Waals surface area contributed by atoms with Gasteiger partial charge in [-0.05, 0) is 86.7 Å². The number of anilines is 3. The molecule has 0 spiro atoms. The Labute approximate surface area is 334 Å². The SMILES string of the molecule is Cc1c(NC(=O)c2ccc(C(C)(C)C)cc2)cccc1-c1cn(C)c(=O)c(Nc2ccc(C(=O)N3CCN(C(=O)CNCCNC(=O)OC(C)(C)C)CC3)cc2)n1. The minimum absolute atomic E-state index is 0.0204. The number of aromatic nitrogens is 2. The lowest BCUT2D eigenvalue weighted by atomic mass is 9.86. The molecule has 1 aliphatic heterocycles. The Morgan fingerprint density at radius 1 is 0.807 bits per heavy atom. The average molecular weight is 779 g/mol. The lowest BCUT2D eigenvalue weighted by molar-refractivity contribution is -0.131. The van der Waals surface area contributed by atoms with Crippen LogP contribution in [0.25, 0.3) is 11.3 Å². The van der Waals surface area contributed by atoms with Gasteiger partial charge in [0.1, 0.15) is 5.60 Å². The predicted octanol–water partition coefficient (Wildman–Crippen LogP) is 5.45. The molecule has 57 heavy (non-hydrogen) atoms. The van der Waals surface area contributed by atoms with Crippen LogP contribution < -0.4 is 26.8 Å². The highest BCUT2D eigenvalue weighted by Crippen LogP contribution is 2.29. The summed E-state index contributed by atoms with van der Waals surface area (Å²) in [7, 11) is 1.65. The largest absolute Gasteiger partial charge is 0.444 e. The molecule has 4 aromatic rings. The van der Waals surface area contributed by atoms with Crippen LogP contribution in [-0.4, -0.2) is 94.6 Å². The fourth-order valence-corrected chi connectivity index (χ4v) is 6.23. The highest BCUT2D eigenvalue weighted by Gasteiger charge is 2.25. The van der Waals surface area contributed by atoms with Crippen molar-refractivity contribution < 1.29 is 23.9 Å². The van der Waals surface area contributed by atoms with Gasteiger partial charge in [0.25, 0.3) is 17.4 Å². The second kappa shape index (κ2) is 17.8. The highest BCUT2D eigenvalue weighted by molar-refractivity contribution is 6.05. The molecule has 0 unspecified atom stereocenters. The monoisotopic (exact) mass is 778 g/mol. The number of rotatable bonds is 11. The molecule has 302 valence electrons. The molecule has 0 atom stereocenters. The lowest BCUT2D eigenvalue weighted by Crippen LogP contribution is -2.52. The van der Waals surface area contributed by atoms with Gasteiger partial charge in [-0.25, -0.2) is 9.78 Å². The van der Waals surface area contributed by atoms with Gasteiger partial charge in [0, 0.05) is 80.6 Å². The molecule has 4 amide bonds. The van der Waals surface area contributed by atoms with E-state index in [0.29, 0.717) is 67.5 Å². The van der Waals surface area contributed by atoms with Crippen LogP contribution in [0.5, 0.6) is 0 Å². The Morgan fingerprint density at radius 3 is 2.07 bits per heavy atom. The van der Waals surface area contributed by atoms with Crippen LogP contribution in [0.3, 0.4) is 0 Å². The van der Waals surface area contributed by atoms with E-state index in [-0.39, 0.29) is 41.1 Å². The van der Waals surface area contributed by atoms with Gasteiger partial charge >= 0.3 is 6.09 Å². The summed E-state index contributed by atoms with van der Waals surface area (Å²) in [6.07, 6.45) is 1.15. The zero-order valence-electron chi connectivity index (χ0n) is 34.1. The summed E-state index contributed by atoms with van der Waals surface area (Å²) in [5.41, 5.74) is 4.54. The topological polar surface area (TPSA) is 167 Å². The Bertz CT molecular complexity index is 2140. The van der Waals surface area contributed by atoms with Crippen LogP contribution in [0, 0.1) is 6.92 Å². The molecule has 4 N–H and O–H groups in total. The number of nitrogens with zero attached hydrogens (tertiary/aromatic N) is 4. The molecule has 0 radical (unpaired) electrons. The first-order chi connectivity index (χ1) is 26.9. The smallest absolute Gasteiger partial charge is 0.407 e. The van der Waals surface area contributed by atoms with E-state index in [9.17, 15) is 24.0 Å². The summed E-state index contributed by atoms with van der Waals surface area (Å²) in [6, 6.07) is 20.0. The van der Waals surface area contributed by atoms with E-state index in [1.807, 2.05) is 49.4 Å². The molecule has 14 nitrogen and oxygen atoms in total. The van der Waals surface area contributed by atoms with E-state index in [0.717, 1.165) is 16.7 Å². The van der Waals surface area contributed by atoms with Crippen molar-refractivity contribution in [2.45, 2.75) is 59.5 Å². The van der Waals surface area contributed by atoms with E-state index in [2.05, 4.69) is 47.0 Å². The summed E-state index contributed by atoms with van der Waals surface area (Å²) in [5.74, 6) is -0.346. The van der Waals surface area contributed by atoms with Crippen molar-refractivity contribution in [3.05, 3.63) is 106 Å². The fourth-order valence-electron chi connectivity index (χ4n) is 6.23. The Hall–Kier alpha value is -6.02. The fraction of sp³-hybridized carbons (Fsp3) is 0.395. The van der Waals surface area contributed by atoms with Gasteiger partial charge in [0.15, 0.2) is 5.82 Å². The second-order valence-corrected chi connectivity index (χ2v) is 16.1. The number of hydrogen-bond donors (Lipinski definition) is 4. The van der Waals surface area contributed by atoms with Crippen molar-refractivity contribution in [2.24, 2.45) is 7.05 Å².